The van der Waals surface area contributed by atoms with Gasteiger partial charge >= 0.3 is 0 Å². The van der Waals surface area contributed by atoms with Crippen LogP contribution in [0.15, 0.2) is 292 Å². The number of nitrogens with zero attached hydrogens (tertiary/aromatic N) is 4. The highest BCUT2D eigenvalue weighted by molar-refractivity contribution is 6.09. The summed E-state index contributed by atoms with van der Waals surface area (Å²) in [6.07, 6.45) is 4.18. The third-order valence-corrected chi connectivity index (χ3v) is 15.6. The topological polar surface area (TPSA) is 35.9 Å². The van der Waals surface area contributed by atoms with Gasteiger partial charge in [-0.25, -0.2) is 4.98 Å². The Labute approximate surface area is 472 Å². The summed E-state index contributed by atoms with van der Waals surface area (Å²) in [7, 11) is 0. The van der Waals surface area contributed by atoms with Gasteiger partial charge in [0, 0.05) is 40.2 Å². The molecule has 0 saturated heterocycles. The van der Waals surface area contributed by atoms with Crippen molar-refractivity contribution in [2.75, 3.05) is 0 Å². The molecule has 386 valence electrons. The largest absolute Gasteiger partial charge is 0.457 e. The first kappa shape index (κ1) is 49.0. The predicted octanol–water partition coefficient (Wildman–Crippen LogP) is 19.5. The number of imidazole rings is 1. The second kappa shape index (κ2) is 20.5. The average molecular weight is 1040 g/mol. The van der Waals surface area contributed by atoms with Gasteiger partial charge in [-0.3, -0.25) is 4.57 Å². The molecule has 0 aliphatic carbocycles. The Morgan fingerprint density at radius 2 is 0.852 bits per heavy atom. The Kier molecular flexibility index (Phi) is 12.4. The summed E-state index contributed by atoms with van der Waals surface area (Å²) in [5.74, 6) is 2.35. The fourth-order valence-corrected chi connectivity index (χ4v) is 11.6. The van der Waals surface area contributed by atoms with E-state index < -0.39 is 0 Å². The zero-order valence-corrected chi connectivity index (χ0v) is 45.4. The van der Waals surface area contributed by atoms with Crippen molar-refractivity contribution in [2.45, 2.75) is 26.2 Å². The normalized spacial score (nSPS) is 11.6. The van der Waals surface area contributed by atoms with Crippen LogP contribution in [0.1, 0.15) is 26.3 Å². The van der Waals surface area contributed by atoms with E-state index in [4.69, 9.17) is 9.72 Å². The van der Waals surface area contributed by atoms with Crippen LogP contribution in [0, 0.1) is 0 Å². The lowest BCUT2D eigenvalue weighted by Gasteiger charge is -2.20. The SMILES string of the molecule is CC(C)(C)c1ccnc(-n2c3ccccc3c3ccc(Oc4cccc(-n5c[n+](-c6c(-c7cc(-c8ccccc8)cc(-c8ccccc8)c7)cccc6-c6cc(-c7ccccc7)cc(-c7ccccc7)c6)c6ccccc65)c4)cc32)c1. The molecule has 0 aliphatic rings. The number of rotatable bonds is 11. The fourth-order valence-electron chi connectivity index (χ4n) is 11.6. The molecule has 0 bridgehead atoms. The van der Waals surface area contributed by atoms with E-state index in [-0.39, 0.29) is 5.41 Å². The van der Waals surface area contributed by atoms with Gasteiger partial charge in [0.1, 0.15) is 28.7 Å². The van der Waals surface area contributed by atoms with Crippen LogP contribution in [0.2, 0.25) is 0 Å². The maximum Gasteiger partial charge on any atom is 0.255 e. The number of ether oxygens (including phenoxy) is 1. The van der Waals surface area contributed by atoms with Crippen LogP contribution in [-0.2, 0) is 5.41 Å². The van der Waals surface area contributed by atoms with Gasteiger partial charge in [0.25, 0.3) is 6.33 Å². The molecule has 5 nitrogen and oxygen atoms in total. The summed E-state index contributed by atoms with van der Waals surface area (Å²) in [6.45, 7) is 6.72. The summed E-state index contributed by atoms with van der Waals surface area (Å²) < 4.78 is 13.9. The lowest BCUT2D eigenvalue weighted by Crippen LogP contribution is -2.31. The highest BCUT2D eigenvalue weighted by atomic mass is 16.5. The van der Waals surface area contributed by atoms with Gasteiger partial charge in [-0.2, -0.15) is 9.13 Å². The number of hydrogen-bond donors (Lipinski definition) is 0. The molecule has 0 unspecified atom stereocenters. The second-order valence-electron chi connectivity index (χ2n) is 21.9. The van der Waals surface area contributed by atoms with Gasteiger partial charge in [0.05, 0.1) is 11.0 Å². The maximum atomic E-state index is 6.91. The number of pyridine rings is 1. The van der Waals surface area contributed by atoms with Crippen molar-refractivity contribution in [3.63, 3.8) is 0 Å². The van der Waals surface area contributed by atoms with Crippen LogP contribution in [0.4, 0.5) is 0 Å². The lowest BCUT2D eigenvalue weighted by molar-refractivity contribution is -0.566. The molecular weight excluding hydrogens is 985 g/mol. The zero-order chi connectivity index (χ0) is 54.4. The summed E-state index contributed by atoms with van der Waals surface area (Å²) in [6, 6.07) is 100. The summed E-state index contributed by atoms with van der Waals surface area (Å²) in [5, 5.41) is 2.31. The Morgan fingerprint density at radius 1 is 0.370 bits per heavy atom. The van der Waals surface area contributed by atoms with Gasteiger partial charge < -0.3 is 4.74 Å². The van der Waals surface area contributed by atoms with Crippen molar-refractivity contribution in [2.24, 2.45) is 0 Å². The Hall–Kier alpha value is -10.4. The van der Waals surface area contributed by atoms with Crippen molar-refractivity contribution in [3.05, 3.63) is 297 Å². The van der Waals surface area contributed by atoms with Crippen molar-refractivity contribution in [3.8, 4) is 95.5 Å². The van der Waals surface area contributed by atoms with Gasteiger partial charge in [-0.1, -0.05) is 197 Å². The first-order valence-corrected chi connectivity index (χ1v) is 27.7. The number of aromatic nitrogens is 4. The van der Waals surface area contributed by atoms with Crippen molar-refractivity contribution in [1.82, 2.24) is 14.1 Å². The molecule has 81 heavy (non-hydrogen) atoms. The molecule has 0 radical (unpaired) electrons. The fraction of sp³-hybridized carbons (Fsp3) is 0.0526. The number of para-hydroxylation sites is 4. The minimum Gasteiger partial charge on any atom is -0.457 e. The van der Waals surface area contributed by atoms with Gasteiger partial charge in [-0.15, -0.1) is 0 Å². The van der Waals surface area contributed by atoms with Crippen LogP contribution in [-0.4, -0.2) is 14.1 Å². The highest BCUT2D eigenvalue weighted by Gasteiger charge is 2.27. The van der Waals surface area contributed by atoms with Crippen molar-refractivity contribution >= 4 is 32.8 Å². The summed E-state index contributed by atoms with van der Waals surface area (Å²) >= 11 is 0. The van der Waals surface area contributed by atoms with Gasteiger partial charge in [0.2, 0.25) is 0 Å². The number of hydrogen-bond acceptors (Lipinski definition) is 2. The summed E-state index contributed by atoms with van der Waals surface area (Å²) in [4.78, 5) is 4.93. The molecule has 14 aromatic rings. The molecule has 0 amide bonds. The van der Waals surface area contributed by atoms with E-state index in [2.05, 4.69) is 314 Å². The zero-order valence-electron chi connectivity index (χ0n) is 45.4. The molecule has 3 heterocycles. The lowest BCUT2D eigenvalue weighted by atomic mass is 9.88. The molecule has 0 fully saturated rings. The van der Waals surface area contributed by atoms with E-state index >= 15 is 0 Å². The quantitative estimate of drug-likeness (QED) is 0.121. The molecule has 0 saturated carbocycles. The Balaban J connectivity index is 0.951. The van der Waals surface area contributed by atoms with E-state index in [9.17, 15) is 0 Å². The molecule has 14 rings (SSSR count). The minimum absolute atomic E-state index is 0.0338. The molecule has 3 aromatic heterocycles. The van der Waals surface area contributed by atoms with E-state index in [1.165, 1.54) is 10.9 Å². The van der Waals surface area contributed by atoms with Crippen LogP contribution >= 0.6 is 0 Å². The third kappa shape index (κ3) is 9.35. The molecule has 5 heteroatoms. The highest BCUT2D eigenvalue weighted by Crippen LogP contribution is 2.42. The number of benzene rings is 11. The molecule has 11 aromatic carbocycles. The van der Waals surface area contributed by atoms with E-state index in [1.807, 2.05) is 12.3 Å². The first-order chi connectivity index (χ1) is 39.8. The molecule has 0 atom stereocenters. The third-order valence-electron chi connectivity index (χ3n) is 15.6. The monoisotopic (exact) mass is 1040 g/mol. The minimum atomic E-state index is -0.0338. The van der Waals surface area contributed by atoms with E-state index in [0.717, 1.165) is 123 Å². The maximum absolute atomic E-state index is 6.91. The van der Waals surface area contributed by atoms with Gasteiger partial charge in [-0.05, 0) is 158 Å². The summed E-state index contributed by atoms with van der Waals surface area (Å²) in [5.41, 5.74) is 21.2. The molecule has 0 aliphatic heterocycles. The van der Waals surface area contributed by atoms with Crippen LogP contribution < -0.4 is 9.30 Å². The van der Waals surface area contributed by atoms with Crippen molar-refractivity contribution < 1.29 is 9.30 Å². The second-order valence-corrected chi connectivity index (χ2v) is 21.9. The first-order valence-electron chi connectivity index (χ1n) is 27.7. The molecule has 0 N–H and O–H groups in total. The van der Waals surface area contributed by atoms with Crippen LogP contribution in [0.3, 0.4) is 0 Å². The van der Waals surface area contributed by atoms with Crippen molar-refractivity contribution in [1.29, 1.82) is 0 Å². The Morgan fingerprint density at radius 3 is 1.42 bits per heavy atom. The predicted molar refractivity (Wildman–Crippen MR) is 335 cm³/mol. The van der Waals surface area contributed by atoms with E-state index in [0.29, 0.717) is 0 Å². The van der Waals surface area contributed by atoms with Gasteiger partial charge in [0.15, 0.2) is 11.0 Å². The molecular formula is C76H57N4O+. The van der Waals surface area contributed by atoms with E-state index in [1.54, 1.807) is 0 Å². The number of fused-ring (bicyclic) bond motifs is 4. The standard InChI is InChI=1S/C76H57N4O/c1-76(2,3)62-40-41-77-74(48-62)80-70-35-17-16-32-68(70)69-39-38-65(50-73(69)80)81-64-31-20-30-63(49-64)78-51-79(72-37-19-18-36-71(72)78)75-66(60-44-56(52-22-8-4-9-23-52)42-57(45-60)53-24-10-5-11-25-53)33-21-34-67(75)61-46-58(54-26-12-6-13-27-54)43-59(47-61)55-28-14-7-15-29-55/h4-51H,1-3H3/q+1. The van der Waals surface area contributed by atoms with Crippen LogP contribution in [0.25, 0.3) is 117 Å². The van der Waals surface area contributed by atoms with Crippen LogP contribution in [0.5, 0.6) is 11.5 Å². The molecule has 0 spiro atoms. The smallest absolute Gasteiger partial charge is 0.255 e. The average Bonchev–Trinajstić information content (AvgIpc) is 4.31. The Bertz CT molecular complexity index is 4370.